The van der Waals surface area contributed by atoms with Crippen molar-refractivity contribution >= 4 is 34.8 Å². The van der Waals surface area contributed by atoms with Crippen LogP contribution in [0.2, 0.25) is 5.02 Å². The summed E-state index contributed by atoms with van der Waals surface area (Å²) in [4.78, 5) is 23.3. The second-order valence-corrected chi connectivity index (χ2v) is 5.60. The van der Waals surface area contributed by atoms with Crippen LogP contribution in [0.5, 0.6) is 0 Å². The standard InChI is InChI=1S/C15H17ClN2O3/c1-9(15(20)21)12-3-2-4-13(14(12)19)18-17-11-7-5-10(16)6-8-11/h5-9,12,17H,2-4H2,1H3,(H,20,21)/b18-13+. The molecule has 6 heteroatoms. The van der Waals surface area contributed by atoms with Gasteiger partial charge < -0.3 is 5.11 Å². The normalized spacial score (nSPS) is 22.1. The summed E-state index contributed by atoms with van der Waals surface area (Å²) in [6.45, 7) is 1.57. The fourth-order valence-corrected chi connectivity index (χ4v) is 2.50. The minimum atomic E-state index is -0.944. The van der Waals surface area contributed by atoms with Crippen molar-refractivity contribution < 1.29 is 14.7 Å². The van der Waals surface area contributed by atoms with Gasteiger partial charge in [-0.25, -0.2) is 0 Å². The van der Waals surface area contributed by atoms with Crippen molar-refractivity contribution in [1.29, 1.82) is 0 Å². The van der Waals surface area contributed by atoms with Crippen molar-refractivity contribution in [2.45, 2.75) is 26.2 Å². The minimum Gasteiger partial charge on any atom is -0.481 e. The molecule has 0 spiro atoms. The Morgan fingerprint density at radius 3 is 2.71 bits per heavy atom. The Hall–Kier alpha value is -1.88. The monoisotopic (exact) mass is 308 g/mol. The first-order chi connectivity index (χ1) is 9.99. The number of aliphatic carboxylic acids is 1. The quantitative estimate of drug-likeness (QED) is 0.837. The molecule has 1 saturated carbocycles. The highest BCUT2D eigenvalue weighted by molar-refractivity contribution is 6.41. The lowest BCUT2D eigenvalue weighted by Crippen LogP contribution is -2.36. The molecule has 1 aliphatic rings. The maximum Gasteiger partial charge on any atom is 0.306 e. The Labute approximate surface area is 128 Å². The van der Waals surface area contributed by atoms with Crippen molar-refractivity contribution in [3.63, 3.8) is 0 Å². The summed E-state index contributed by atoms with van der Waals surface area (Å²) in [7, 11) is 0. The van der Waals surface area contributed by atoms with Gasteiger partial charge in [0.25, 0.3) is 0 Å². The van der Waals surface area contributed by atoms with Crippen LogP contribution in [-0.4, -0.2) is 22.6 Å². The van der Waals surface area contributed by atoms with Gasteiger partial charge in [0, 0.05) is 10.9 Å². The zero-order valence-electron chi connectivity index (χ0n) is 11.7. The minimum absolute atomic E-state index is 0.169. The molecule has 2 N–H and O–H groups in total. The molecular weight excluding hydrogens is 292 g/mol. The molecule has 1 aromatic rings. The fraction of sp³-hybridized carbons (Fsp3) is 0.400. The molecule has 21 heavy (non-hydrogen) atoms. The van der Waals surface area contributed by atoms with E-state index < -0.39 is 17.8 Å². The number of hydrogen-bond acceptors (Lipinski definition) is 4. The van der Waals surface area contributed by atoms with Gasteiger partial charge in [-0.05, 0) is 43.5 Å². The van der Waals surface area contributed by atoms with E-state index in [1.165, 1.54) is 0 Å². The van der Waals surface area contributed by atoms with Gasteiger partial charge in [-0.3, -0.25) is 15.0 Å². The van der Waals surface area contributed by atoms with Gasteiger partial charge in [0.2, 0.25) is 0 Å². The Morgan fingerprint density at radius 2 is 2.10 bits per heavy atom. The second-order valence-electron chi connectivity index (χ2n) is 5.17. The number of hydrogen-bond donors (Lipinski definition) is 2. The fourth-order valence-electron chi connectivity index (χ4n) is 2.37. The van der Waals surface area contributed by atoms with Crippen molar-refractivity contribution in [3.05, 3.63) is 29.3 Å². The van der Waals surface area contributed by atoms with E-state index in [0.29, 0.717) is 23.6 Å². The topological polar surface area (TPSA) is 78.8 Å². The number of hydrazone groups is 1. The second kappa shape index (κ2) is 6.72. The largest absolute Gasteiger partial charge is 0.481 e. The Morgan fingerprint density at radius 1 is 1.43 bits per heavy atom. The first-order valence-corrected chi connectivity index (χ1v) is 7.22. The van der Waals surface area contributed by atoms with E-state index in [2.05, 4.69) is 10.5 Å². The number of anilines is 1. The molecule has 0 saturated heterocycles. The molecule has 0 bridgehead atoms. The maximum absolute atomic E-state index is 12.3. The molecular formula is C15H17ClN2O3. The summed E-state index contributed by atoms with van der Waals surface area (Å²) in [5.41, 5.74) is 3.96. The molecule has 0 aliphatic heterocycles. The van der Waals surface area contributed by atoms with E-state index in [1.54, 1.807) is 31.2 Å². The number of carboxylic acids is 1. The first kappa shape index (κ1) is 15.5. The van der Waals surface area contributed by atoms with E-state index in [9.17, 15) is 9.59 Å². The van der Waals surface area contributed by atoms with Gasteiger partial charge in [0.15, 0.2) is 5.78 Å². The van der Waals surface area contributed by atoms with E-state index in [0.717, 1.165) is 12.1 Å². The van der Waals surface area contributed by atoms with Crippen molar-refractivity contribution in [2.24, 2.45) is 16.9 Å². The van der Waals surface area contributed by atoms with E-state index in [4.69, 9.17) is 16.7 Å². The van der Waals surface area contributed by atoms with E-state index >= 15 is 0 Å². The zero-order chi connectivity index (χ0) is 15.4. The number of carboxylic acid groups (broad SMARTS) is 1. The average molecular weight is 309 g/mol. The smallest absolute Gasteiger partial charge is 0.306 e. The first-order valence-electron chi connectivity index (χ1n) is 6.84. The molecule has 1 aliphatic carbocycles. The van der Waals surface area contributed by atoms with E-state index in [-0.39, 0.29) is 5.78 Å². The van der Waals surface area contributed by atoms with Crippen LogP contribution in [0.3, 0.4) is 0 Å². The SMILES string of the molecule is CC(C(=O)O)C1CCC/C(=N\Nc2ccc(Cl)cc2)C1=O. The third kappa shape index (κ3) is 3.82. The third-order valence-electron chi connectivity index (χ3n) is 3.71. The number of nitrogens with zero attached hydrogens (tertiary/aromatic N) is 1. The predicted molar refractivity (Wildman–Crippen MR) is 81.7 cm³/mol. The number of Topliss-reactive ketones (excluding diaryl/α,β-unsaturated/α-hetero) is 1. The van der Waals surface area contributed by atoms with Crippen LogP contribution in [0.25, 0.3) is 0 Å². The van der Waals surface area contributed by atoms with Crippen molar-refractivity contribution in [1.82, 2.24) is 0 Å². The van der Waals surface area contributed by atoms with Crippen LogP contribution in [0.1, 0.15) is 26.2 Å². The summed E-state index contributed by atoms with van der Waals surface area (Å²) < 4.78 is 0. The van der Waals surface area contributed by atoms with Crippen LogP contribution in [0, 0.1) is 11.8 Å². The summed E-state index contributed by atoms with van der Waals surface area (Å²) in [6.07, 6.45) is 1.95. The number of carbonyl (C=O) groups is 2. The molecule has 5 nitrogen and oxygen atoms in total. The van der Waals surface area contributed by atoms with Gasteiger partial charge in [0.1, 0.15) is 5.71 Å². The van der Waals surface area contributed by atoms with Crippen LogP contribution >= 0.6 is 11.6 Å². The Balaban J connectivity index is 2.08. The lowest BCUT2D eigenvalue weighted by molar-refractivity contribution is -0.145. The van der Waals surface area contributed by atoms with Crippen LogP contribution in [0.15, 0.2) is 29.4 Å². The molecule has 0 radical (unpaired) electrons. The molecule has 2 atom stereocenters. The predicted octanol–water partition coefficient (Wildman–Crippen LogP) is 3.20. The van der Waals surface area contributed by atoms with Gasteiger partial charge in [-0.1, -0.05) is 18.5 Å². The number of benzene rings is 1. The molecule has 1 fully saturated rings. The molecule has 2 rings (SSSR count). The number of carbonyl (C=O) groups excluding carboxylic acids is 1. The molecule has 0 aromatic heterocycles. The highest BCUT2D eigenvalue weighted by Crippen LogP contribution is 2.26. The van der Waals surface area contributed by atoms with Gasteiger partial charge in [-0.2, -0.15) is 5.10 Å². The summed E-state index contributed by atoms with van der Waals surface area (Å²) >= 11 is 5.79. The summed E-state index contributed by atoms with van der Waals surface area (Å²) in [5, 5.41) is 13.8. The molecule has 112 valence electrons. The summed E-state index contributed by atoms with van der Waals surface area (Å²) in [6, 6.07) is 6.97. The lowest BCUT2D eigenvalue weighted by atomic mass is 9.79. The molecule has 0 heterocycles. The van der Waals surface area contributed by atoms with Crippen molar-refractivity contribution in [2.75, 3.05) is 5.43 Å². The maximum atomic E-state index is 12.3. The number of rotatable bonds is 4. The molecule has 1 aromatic carbocycles. The Bertz CT molecular complexity index is 569. The van der Waals surface area contributed by atoms with Crippen LogP contribution < -0.4 is 5.43 Å². The zero-order valence-corrected chi connectivity index (χ0v) is 12.4. The number of ketones is 1. The highest BCUT2D eigenvalue weighted by Gasteiger charge is 2.35. The molecule has 0 amide bonds. The van der Waals surface area contributed by atoms with Gasteiger partial charge in [-0.15, -0.1) is 0 Å². The number of halogens is 1. The van der Waals surface area contributed by atoms with Crippen LogP contribution in [0.4, 0.5) is 5.69 Å². The van der Waals surface area contributed by atoms with E-state index in [1.807, 2.05) is 0 Å². The highest BCUT2D eigenvalue weighted by atomic mass is 35.5. The summed E-state index contributed by atoms with van der Waals surface area (Å²) in [5.74, 6) is -2.28. The Kier molecular flexibility index (Phi) is 4.96. The average Bonchev–Trinajstić information content (AvgIpc) is 2.47. The number of nitrogens with one attached hydrogen (secondary N) is 1. The molecule has 2 unspecified atom stereocenters. The van der Waals surface area contributed by atoms with Gasteiger partial charge >= 0.3 is 5.97 Å². The van der Waals surface area contributed by atoms with Crippen LogP contribution in [-0.2, 0) is 9.59 Å². The van der Waals surface area contributed by atoms with Gasteiger partial charge in [0.05, 0.1) is 11.6 Å². The van der Waals surface area contributed by atoms with Crippen molar-refractivity contribution in [3.8, 4) is 0 Å². The lowest BCUT2D eigenvalue weighted by Gasteiger charge is -2.24. The third-order valence-corrected chi connectivity index (χ3v) is 3.96.